The fraction of sp³-hybridized carbons (Fsp3) is 0.944. The largest absolute Gasteiger partial charge is 0.381 e. The van der Waals surface area contributed by atoms with Crippen LogP contribution in [0.4, 0.5) is 0 Å². The number of hydrogen-bond acceptors (Lipinski definition) is 3. The fourth-order valence-electron chi connectivity index (χ4n) is 4.48. The van der Waals surface area contributed by atoms with Gasteiger partial charge in [-0.1, -0.05) is 0 Å². The van der Waals surface area contributed by atoms with Gasteiger partial charge in [-0.15, -0.1) is 0 Å². The van der Waals surface area contributed by atoms with E-state index in [2.05, 4.69) is 10.6 Å². The summed E-state index contributed by atoms with van der Waals surface area (Å²) in [6.45, 7) is 4.13. The summed E-state index contributed by atoms with van der Waals surface area (Å²) in [5.74, 6) is 1.04. The average molecular weight is 308 g/mol. The molecule has 0 radical (unpaired) electrons. The number of carbonyl (C=O) groups is 1. The van der Waals surface area contributed by atoms with Crippen molar-refractivity contribution in [2.75, 3.05) is 26.3 Å². The van der Waals surface area contributed by atoms with Crippen LogP contribution in [0.25, 0.3) is 0 Å². The highest BCUT2D eigenvalue weighted by molar-refractivity contribution is 5.76. The Balaban J connectivity index is 1.34. The van der Waals surface area contributed by atoms with E-state index in [0.29, 0.717) is 11.5 Å². The molecule has 4 nitrogen and oxygen atoms in total. The van der Waals surface area contributed by atoms with Gasteiger partial charge in [-0.2, -0.15) is 0 Å². The second-order valence-electron chi connectivity index (χ2n) is 7.69. The lowest BCUT2D eigenvalue weighted by atomic mass is 9.68. The minimum Gasteiger partial charge on any atom is -0.381 e. The lowest BCUT2D eigenvalue weighted by Crippen LogP contribution is -2.42. The molecule has 3 rings (SSSR count). The maximum Gasteiger partial charge on any atom is 0.220 e. The highest BCUT2D eigenvalue weighted by atomic mass is 16.5. The van der Waals surface area contributed by atoms with Gasteiger partial charge in [0.05, 0.1) is 0 Å². The van der Waals surface area contributed by atoms with Gasteiger partial charge in [0.25, 0.3) is 0 Å². The van der Waals surface area contributed by atoms with Crippen LogP contribution in [-0.2, 0) is 9.53 Å². The van der Waals surface area contributed by atoms with E-state index in [4.69, 9.17) is 4.74 Å². The zero-order valence-electron chi connectivity index (χ0n) is 13.9. The molecule has 3 aliphatic rings. The fourth-order valence-corrected chi connectivity index (χ4v) is 4.48. The first-order chi connectivity index (χ1) is 10.8. The Morgan fingerprint density at radius 1 is 1.05 bits per heavy atom. The number of amides is 1. The zero-order chi connectivity index (χ0) is 15.3. The summed E-state index contributed by atoms with van der Waals surface area (Å²) in [5.41, 5.74) is 0.536. The van der Waals surface area contributed by atoms with Gasteiger partial charge in [-0.05, 0) is 82.2 Å². The Morgan fingerprint density at radius 3 is 2.41 bits per heavy atom. The molecule has 22 heavy (non-hydrogen) atoms. The summed E-state index contributed by atoms with van der Waals surface area (Å²) in [6.07, 6.45) is 11.6. The number of hydrogen-bond donors (Lipinski definition) is 2. The normalized spacial score (nSPS) is 26.9. The minimum atomic E-state index is 0.284. The third-order valence-electron chi connectivity index (χ3n) is 6.20. The Kier molecular flexibility index (Phi) is 5.75. The third-order valence-corrected chi connectivity index (χ3v) is 6.20. The molecule has 2 aliphatic heterocycles. The molecule has 1 saturated carbocycles. The van der Waals surface area contributed by atoms with Crippen LogP contribution in [0.2, 0.25) is 0 Å². The summed E-state index contributed by atoms with van der Waals surface area (Å²) >= 11 is 0. The van der Waals surface area contributed by atoms with E-state index in [1.165, 1.54) is 51.4 Å². The Morgan fingerprint density at radius 2 is 1.73 bits per heavy atom. The molecule has 2 saturated heterocycles. The predicted octanol–water partition coefficient (Wildman–Crippen LogP) is 2.62. The monoisotopic (exact) mass is 308 g/mol. The SMILES string of the molecule is O=C(CCC1CCNCC1)NC1CCC2(CCOCC2)CC1. The number of ether oxygens (including phenoxy) is 1. The van der Waals surface area contributed by atoms with Crippen LogP contribution in [0.1, 0.15) is 64.2 Å². The standard InChI is InChI=1S/C18H32N2O2/c21-17(2-1-15-5-11-19-12-6-15)20-16-3-7-18(8-4-16)9-13-22-14-10-18/h15-16,19H,1-14H2,(H,20,21). The average Bonchev–Trinajstić information content (AvgIpc) is 2.57. The van der Waals surface area contributed by atoms with Crippen molar-refractivity contribution in [2.45, 2.75) is 70.3 Å². The minimum absolute atomic E-state index is 0.284. The summed E-state index contributed by atoms with van der Waals surface area (Å²) in [7, 11) is 0. The first kappa shape index (κ1) is 16.3. The molecule has 1 spiro atoms. The van der Waals surface area contributed by atoms with Gasteiger partial charge in [0.15, 0.2) is 0 Å². The highest BCUT2D eigenvalue weighted by Crippen LogP contribution is 2.44. The van der Waals surface area contributed by atoms with Crippen LogP contribution in [-0.4, -0.2) is 38.3 Å². The molecule has 2 N–H and O–H groups in total. The molecule has 0 bridgehead atoms. The molecule has 0 unspecified atom stereocenters. The van der Waals surface area contributed by atoms with Crippen molar-refractivity contribution in [1.29, 1.82) is 0 Å². The van der Waals surface area contributed by atoms with E-state index < -0.39 is 0 Å². The molecular weight excluding hydrogens is 276 g/mol. The molecule has 2 heterocycles. The van der Waals surface area contributed by atoms with E-state index in [-0.39, 0.29) is 5.91 Å². The Labute approximate surface area is 134 Å². The second-order valence-corrected chi connectivity index (χ2v) is 7.69. The van der Waals surface area contributed by atoms with Crippen molar-refractivity contribution in [2.24, 2.45) is 11.3 Å². The number of nitrogens with one attached hydrogen (secondary N) is 2. The zero-order valence-corrected chi connectivity index (χ0v) is 13.9. The van der Waals surface area contributed by atoms with Gasteiger partial charge in [0, 0.05) is 25.7 Å². The van der Waals surface area contributed by atoms with Crippen LogP contribution in [0, 0.1) is 11.3 Å². The molecule has 0 aromatic heterocycles. The van der Waals surface area contributed by atoms with Gasteiger partial charge >= 0.3 is 0 Å². The Bertz CT molecular complexity index is 350. The maximum absolute atomic E-state index is 12.2. The summed E-state index contributed by atoms with van der Waals surface area (Å²) in [4.78, 5) is 12.2. The van der Waals surface area contributed by atoms with E-state index in [9.17, 15) is 4.79 Å². The number of piperidine rings is 1. The number of rotatable bonds is 4. The van der Waals surface area contributed by atoms with Gasteiger partial charge < -0.3 is 15.4 Å². The van der Waals surface area contributed by atoms with E-state index in [0.717, 1.165) is 45.1 Å². The summed E-state index contributed by atoms with van der Waals surface area (Å²) < 4.78 is 5.50. The van der Waals surface area contributed by atoms with Crippen LogP contribution in [0.3, 0.4) is 0 Å². The second kappa shape index (κ2) is 7.78. The lowest BCUT2D eigenvalue weighted by molar-refractivity contribution is -0.122. The van der Waals surface area contributed by atoms with Crippen molar-refractivity contribution in [3.63, 3.8) is 0 Å². The summed E-state index contributed by atoms with van der Waals surface area (Å²) in [6, 6.07) is 0.425. The van der Waals surface area contributed by atoms with Gasteiger partial charge in [0.2, 0.25) is 5.91 Å². The van der Waals surface area contributed by atoms with Crippen LogP contribution >= 0.6 is 0 Å². The summed E-state index contributed by atoms with van der Waals surface area (Å²) in [5, 5.41) is 6.68. The third kappa shape index (κ3) is 4.45. The molecule has 0 atom stereocenters. The lowest BCUT2D eigenvalue weighted by Gasteiger charge is -2.42. The molecule has 126 valence electrons. The molecular formula is C18H32N2O2. The van der Waals surface area contributed by atoms with E-state index >= 15 is 0 Å². The quantitative estimate of drug-likeness (QED) is 0.839. The Hall–Kier alpha value is -0.610. The van der Waals surface area contributed by atoms with Crippen LogP contribution in [0.5, 0.6) is 0 Å². The molecule has 3 fully saturated rings. The van der Waals surface area contributed by atoms with Crippen molar-refractivity contribution < 1.29 is 9.53 Å². The maximum atomic E-state index is 12.2. The van der Waals surface area contributed by atoms with Crippen molar-refractivity contribution in [3.8, 4) is 0 Å². The molecule has 1 aliphatic carbocycles. The topological polar surface area (TPSA) is 50.4 Å². The molecule has 1 amide bonds. The van der Waals surface area contributed by atoms with Gasteiger partial charge in [-0.25, -0.2) is 0 Å². The van der Waals surface area contributed by atoms with E-state index in [1.807, 2.05) is 0 Å². The predicted molar refractivity (Wildman–Crippen MR) is 87.7 cm³/mol. The van der Waals surface area contributed by atoms with Crippen LogP contribution in [0.15, 0.2) is 0 Å². The molecule has 4 heteroatoms. The van der Waals surface area contributed by atoms with Gasteiger partial charge in [-0.3, -0.25) is 4.79 Å². The number of carbonyl (C=O) groups excluding carboxylic acids is 1. The molecule has 0 aromatic carbocycles. The van der Waals surface area contributed by atoms with Crippen molar-refractivity contribution in [1.82, 2.24) is 10.6 Å². The highest BCUT2D eigenvalue weighted by Gasteiger charge is 2.36. The van der Waals surface area contributed by atoms with Crippen molar-refractivity contribution in [3.05, 3.63) is 0 Å². The first-order valence-electron chi connectivity index (χ1n) is 9.34. The van der Waals surface area contributed by atoms with Gasteiger partial charge in [0.1, 0.15) is 0 Å². The molecule has 0 aromatic rings. The first-order valence-corrected chi connectivity index (χ1v) is 9.34. The van der Waals surface area contributed by atoms with Crippen LogP contribution < -0.4 is 10.6 Å². The van der Waals surface area contributed by atoms with Crippen molar-refractivity contribution >= 4 is 5.91 Å². The van der Waals surface area contributed by atoms with E-state index in [1.54, 1.807) is 0 Å². The smallest absolute Gasteiger partial charge is 0.220 e.